The van der Waals surface area contributed by atoms with Crippen LogP contribution in [-0.4, -0.2) is 49.6 Å². The largest absolute Gasteiger partial charge is 0.468 e. The quantitative estimate of drug-likeness (QED) is 0.694. The van der Waals surface area contributed by atoms with Gasteiger partial charge in [-0.3, -0.25) is 9.59 Å². The summed E-state index contributed by atoms with van der Waals surface area (Å²) in [5.41, 5.74) is 0.00119. The lowest BCUT2D eigenvalue weighted by atomic mass is 10.1. The van der Waals surface area contributed by atoms with Crippen molar-refractivity contribution in [3.63, 3.8) is 0 Å². The van der Waals surface area contributed by atoms with Gasteiger partial charge < -0.3 is 15.0 Å². The third-order valence-electron chi connectivity index (χ3n) is 2.01. The summed E-state index contributed by atoms with van der Waals surface area (Å²) in [7, 11) is 2.90. The normalized spacial score (nSPS) is 11.1. The Morgan fingerprint density at radius 3 is 2.31 bits per heavy atom. The molecule has 0 spiro atoms. The highest BCUT2D eigenvalue weighted by Gasteiger charge is 2.14. The van der Waals surface area contributed by atoms with Gasteiger partial charge in [0, 0.05) is 25.6 Å². The molecular weight excluding hydrogens is 208 g/mol. The van der Waals surface area contributed by atoms with Crippen LogP contribution in [0.25, 0.3) is 0 Å². The fraction of sp³-hybridized carbons (Fsp3) is 0.818. The van der Waals surface area contributed by atoms with Crippen LogP contribution in [0.4, 0.5) is 0 Å². The maximum Gasteiger partial charge on any atom is 0.325 e. The minimum absolute atomic E-state index is 0.00119. The molecule has 0 aliphatic heterocycles. The molecule has 16 heavy (non-hydrogen) atoms. The summed E-state index contributed by atoms with van der Waals surface area (Å²) in [4.78, 5) is 23.9. The molecule has 5 heteroatoms. The molecule has 94 valence electrons. The van der Waals surface area contributed by atoms with Gasteiger partial charge in [-0.2, -0.15) is 0 Å². The van der Waals surface area contributed by atoms with Gasteiger partial charge >= 0.3 is 5.97 Å². The molecule has 0 aromatic rings. The predicted octanol–water partition coefficient (Wildman–Crippen LogP) is 0.396. The lowest BCUT2D eigenvalue weighted by molar-refractivity contribution is -0.146. The molecule has 0 rings (SSSR count). The number of nitrogens with zero attached hydrogens (tertiary/aromatic N) is 1. The van der Waals surface area contributed by atoms with Crippen molar-refractivity contribution in [2.75, 3.05) is 27.2 Å². The minimum atomic E-state index is -0.403. The Balaban J connectivity index is 3.84. The second-order valence-electron chi connectivity index (χ2n) is 4.75. The van der Waals surface area contributed by atoms with Crippen molar-refractivity contribution < 1.29 is 14.3 Å². The summed E-state index contributed by atoms with van der Waals surface area (Å²) in [6, 6.07) is 0. The van der Waals surface area contributed by atoms with E-state index in [4.69, 9.17) is 0 Å². The highest BCUT2D eigenvalue weighted by molar-refractivity contribution is 5.81. The maximum atomic E-state index is 11.6. The van der Waals surface area contributed by atoms with Gasteiger partial charge in [-0.15, -0.1) is 0 Å². The number of carbonyl (C=O) groups is 2. The van der Waals surface area contributed by atoms with Crippen LogP contribution in [0.2, 0.25) is 0 Å². The van der Waals surface area contributed by atoms with Crippen molar-refractivity contribution in [3.8, 4) is 0 Å². The summed E-state index contributed by atoms with van der Waals surface area (Å²) < 4.78 is 4.48. The third kappa shape index (κ3) is 7.23. The fourth-order valence-electron chi connectivity index (χ4n) is 1.08. The van der Waals surface area contributed by atoms with E-state index in [0.717, 1.165) is 0 Å². The number of amides is 1. The molecule has 0 aliphatic carbocycles. The Bertz CT molecular complexity index is 246. The van der Waals surface area contributed by atoms with Crippen molar-refractivity contribution in [3.05, 3.63) is 0 Å². The number of rotatable bonds is 5. The van der Waals surface area contributed by atoms with E-state index < -0.39 is 5.97 Å². The molecule has 0 bridgehead atoms. The van der Waals surface area contributed by atoms with E-state index in [1.807, 2.05) is 20.8 Å². The van der Waals surface area contributed by atoms with Crippen LogP contribution in [0, 0.1) is 0 Å². The van der Waals surface area contributed by atoms with E-state index in [-0.39, 0.29) is 18.0 Å². The maximum absolute atomic E-state index is 11.6. The Hall–Kier alpha value is -1.10. The molecule has 0 fully saturated rings. The molecule has 5 nitrogen and oxygen atoms in total. The first kappa shape index (κ1) is 14.9. The summed E-state index contributed by atoms with van der Waals surface area (Å²) >= 11 is 0. The zero-order valence-electron chi connectivity index (χ0n) is 10.8. The summed E-state index contributed by atoms with van der Waals surface area (Å²) in [5, 5.41) is 3.21. The monoisotopic (exact) mass is 230 g/mol. The van der Waals surface area contributed by atoms with E-state index in [1.54, 1.807) is 7.05 Å². The van der Waals surface area contributed by atoms with Crippen LogP contribution in [0.1, 0.15) is 27.2 Å². The summed E-state index contributed by atoms with van der Waals surface area (Å²) in [6.45, 7) is 6.72. The Morgan fingerprint density at radius 2 is 1.88 bits per heavy atom. The molecule has 0 aromatic carbocycles. The molecule has 0 radical (unpaired) electrons. The van der Waals surface area contributed by atoms with Crippen molar-refractivity contribution in [1.82, 2.24) is 10.2 Å². The molecular formula is C11H22N2O3. The summed E-state index contributed by atoms with van der Waals surface area (Å²) in [5.74, 6) is -0.471. The van der Waals surface area contributed by atoms with Crippen molar-refractivity contribution in [1.29, 1.82) is 0 Å². The first-order chi connectivity index (χ1) is 7.26. The van der Waals surface area contributed by atoms with Gasteiger partial charge in [0.2, 0.25) is 5.91 Å². The van der Waals surface area contributed by atoms with E-state index in [0.29, 0.717) is 13.0 Å². The standard InChI is InChI=1S/C11H22N2O3/c1-11(2,3)12-7-6-9(14)13(4)8-10(15)16-5/h12H,6-8H2,1-5H3. The molecule has 0 aromatic heterocycles. The number of methoxy groups -OCH3 is 1. The Kier molecular flexibility index (Phi) is 6.03. The lowest BCUT2D eigenvalue weighted by Gasteiger charge is -2.21. The highest BCUT2D eigenvalue weighted by Crippen LogP contribution is 1.99. The predicted molar refractivity (Wildman–Crippen MR) is 62.0 cm³/mol. The average molecular weight is 230 g/mol. The van der Waals surface area contributed by atoms with Gasteiger partial charge in [-0.25, -0.2) is 0 Å². The second kappa shape index (κ2) is 6.48. The van der Waals surface area contributed by atoms with Crippen LogP contribution >= 0.6 is 0 Å². The lowest BCUT2D eigenvalue weighted by Crippen LogP contribution is -2.39. The molecule has 1 amide bonds. The zero-order valence-corrected chi connectivity index (χ0v) is 10.8. The van der Waals surface area contributed by atoms with Gasteiger partial charge in [0.1, 0.15) is 6.54 Å². The van der Waals surface area contributed by atoms with Crippen LogP contribution in [0.15, 0.2) is 0 Å². The molecule has 0 saturated heterocycles. The Morgan fingerprint density at radius 1 is 1.31 bits per heavy atom. The molecule has 0 unspecified atom stereocenters. The van der Waals surface area contributed by atoms with Gasteiger partial charge in [0.25, 0.3) is 0 Å². The molecule has 0 heterocycles. The zero-order chi connectivity index (χ0) is 12.8. The molecule has 0 aliphatic rings. The van der Waals surface area contributed by atoms with E-state index in [9.17, 15) is 9.59 Å². The number of carbonyl (C=O) groups excluding carboxylic acids is 2. The first-order valence-corrected chi connectivity index (χ1v) is 5.32. The summed E-state index contributed by atoms with van der Waals surface area (Å²) in [6.07, 6.45) is 0.380. The molecule has 1 N–H and O–H groups in total. The fourth-order valence-corrected chi connectivity index (χ4v) is 1.08. The van der Waals surface area contributed by atoms with Crippen LogP contribution < -0.4 is 5.32 Å². The van der Waals surface area contributed by atoms with Crippen LogP contribution in [0.3, 0.4) is 0 Å². The number of esters is 1. The third-order valence-corrected chi connectivity index (χ3v) is 2.01. The first-order valence-electron chi connectivity index (χ1n) is 5.32. The van der Waals surface area contributed by atoms with Crippen molar-refractivity contribution in [2.45, 2.75) is 32.7 Å². The number of nitrogens with one attached hydrogen (secondary N) is 1. The van der Waals surface area contributed by atoms with Gasteiger partial charge in [-0.1, -0.05) is 0 Å². The van der Waals surface area contributed by atoms with E-state index in [1.165, 1.54) is 12.0 Å². The van der Waals surface area contributed by atoms with Gasteiger partial charge in [0.15, 0.2) is 0 Å². The Labute approximate surface area is 97.1 Å². The smallest absolute Gasteiger partial charge is 0.325 e. The van der Waals surface area contributed by atoms with E-state index in [2.05, 4.69) is 10.1 Å². The SMILES string of the molecule is COC(=O)CN(C)C(=O)CCNC(C)(C)C. The van der Waals surface area contributed by atoms with Gasteiger partial charge in [-0.05, 0) is 20.8 Å². The second-order valence-corrected chi connectivity index (χ2v) is 4.75. The van der Waals surface area contributed by atoms with Crippen LogP contribution in [0.5, 0.6) is 0 Å². The molecule has 0 saturated carbocycles. The number of likely N-dealkylation sites (N-methyl/N-ethyl adjacent to an activating group) is 1. The topological polar surface area (TPSA) is 58.6 Å². The molecule has 0 atom stereocenters. The van der Waals surface area contributed by atoms with Crippen LogP contribution in [-0.2, 0) is 14.3 Å². The minimum Gasteiger partial charge on any atom is -0.468 e. The number of hydrogen-bond acceptors (Lipinski definition) is 4. The average Bonchev–Trinajstić information content (AvgIpc) is 2.15. The van der Waals surface area contributed by atoms with Gasteiger partial charge in [0.05, 0.1) is 7.11 Å². The number of hydrogen-bond donors (Lipinski definition) is 1. The van der Waals surface area contributed by atoms with Crippen molar-refractivity contribution in [2.24, 2.45) is 0 Å². The highest BCUT2D eigenvalue weighted by atomic mass is 16.5. The number of ether oxygens (including phenoxy) is 1. The van der Waals surface area contributed by atoms with E-state index >= 15 is 0 Å². The van der Waals surface area contributed by atoms with Crippen molar-refractivity contribution >= 4 is 11.9 Å².